The lowest BCUT2D eigenvalue weighted by atomic mass is 9.83. The van der Waals surface area contributed by atoms with E-state index >= 15 is 0 Å². The van der Waals surface area contributed by atoms with E-state index in [-0.39, 0.29) is 5.41 Å². The van der Waals surface area contributed by atoms with Gasteiger partial charge in [-0.2, -0.15) is 0 Å². The van der Waals surface area contributed by atoms with E-state index in [1.54, 1.807) is 0 Å². The number of rotatable bonds is 2. The van der Waals surface area contributed by atoms with Crippen molar-refractivity contribution in [3.8, 4) is 0 Å². The summed E-state index contributed by atoms with van der Waals surface area (Å²) < 4.78 is 24.8. The van der Waals surface area contributed by atoms with Crippen molar-refractivity contribution in [3.63, 3.8) is 0 Å². The Bertz CT molecular complexity index is 140. The molecular weight excluding hydrogens is 146 g/mol. The van der Waals surface area contributed by atoms with Crippen LogP contribution < -0.4 is 0 Å². The second-order valence-electron chi connectivity index (χ2n) is 4.90. The van der Waals surface area contributed by atoms with E-state index in [1.807, 2.05) is 20.8 Å². The van der Waals surface area contributed by atoms with Gasteiger partial charge in [-0.05, 0) is 24.7 Å². The average molecular weight is 162 g/mol. The fraction of sp³-hybridized carbons (Fsp3) is 1.00. The zero-order valence-corrected chi connectivity index (χ0v) is 7.45. The van der Waals surface area contributed by atoms with Gasteiger partial charge in [0.15, 0.2) is 0 Å². The molecule has 0 N–H and O–H groups in total. The molecule has 0 atom stereocenters. The molecule has 0 aromatic rings. The summed E-state index contributed by atoms with van der Waals surface area (Å²) in [6.45, 7) is 6.07. The van der Waals surface area contributed by atoms with Crippen molar-refractivity contribution < 1.29 is 8.78 Å². The van der Waals surface area contributed by atoms with Crippen molar-refractivity contribution in [1.82, 2.24) is 0 Å². The third kappa shape index (κ3) is 2.14. The fourth-order valence-corrected chi connectivity index (χ4v) is 1.69. The van der Waals surface area contributed by atoms with E-state index in [1.165, 1.54) is 0 Å². The Labute approximate surface area is 67.0 Å². The molecule has 0 aromatic heterocycles. The molecule has 0 amide bonds. The molecule has 0 aliphatic heterocycles. The van der Waals surface area contributed by atoms with Gasteiger partial charge >= 0.3 is 0 Å². The Morgan fingerprint density at radius 3 is 1.82 bits per heavy atom. The Balaban J connectivity index is 2.48. The summed E-state index contributed by atoms with van der Waals surface area (Å²) in [4.78, 5) is 0. The van der Waals surface area contributed by atoms with Crippen LogP contribution >= 0.6 is 0 Å². The van der Waals surface area contributed by atoms with E-state index in [4.69, 9.17) is 0 Å². The summed E-state index contributed by atoms with van der Waals surface area (Å²) in [5.74, 6) is 0. The molecule has 66 valence electrons. The van der Waals surface area contributed by atoms with Gasteiger partial charge in [-0.15, -0.1) is 0 Å². The van der Waals surface area contributed by atoms with Crippen molar-refractivity contribution in [2.75, 3.05) is 0 Å². The number of hydrogen-bond donors (Lipinski definition) is 0. The zero-order valence-electron chi connectivity index (χ0n) is 7.45. The van der Waals surface area contributed by atoms with Crippen molar-refractivity contribution in [1.29, 1.82) is 0 Å². The highest BCUT2D eigenvalue weighted by Gasteiger charge is 2.52. The van der Waals surface area contributed by atoms with E-state index in [9.17, 15) is 8.78 Å². The van der Waals surface area contributed by atoms with Crippen molar-refractivity contribution in [3.05, 3.63) is 0 Å². The third-order valence-electron chi connectivity index (χ3n) is 2.24. The maximum atomic E-state index is 12.4. The zero-order chi connectivity index (χ0) is 8.70. The summed E-state index contributed by atoms with van der Waals surface area (Å²) in [6, 6.07) is 0. The third-order valence-corrected chi connectivity index (χ3v) is 2.24. The van der Waals surface area contributed by atoms with Crippen LogP contribution in [0.3, 0.4) is 0 Å². The second kappa shape index (κ2) is 2.43. The molecule has 0 nitrogen and oxygen atoms in total. The Hall–Kier alpha value is -0.140. The topological polar surface area (TPSA) is 0 Å². The summed E-state index contributed by atoms with van der Waals surface area (Å²) in [5.41, 5.74) is -0.550. The SMILES string of the molecule is CC(C)(C)CC1(C(F)F)CC1. The van der Waals surface area contributed by atoms with E-state index in [0.29, 0.717) is 6.42 Å². The molecule has 11 heavy (non-hydrogen) atoms. The molecule has 1 aliphatic rings. The average Bonchev–Trinajstić information content (AvgIpc) is 2.43. The van der Waals surface area contributed by atoms with Crippen LogP contribution in [0.25, 0.3) is 0 Å². The molecule has 1 saturated carbocycles. The van der Waals surface area contributed by atoms with E-state index in [0.717, 1.165) is 12.8 Å². The van der Waals surface area contributed by atoms with Crippen molar-refractivity contribution in [2.24, 2.45) is 10.8 Å². The number of hydrogen-bond acceptors (Lipinski definition) is 0. The van der Waals surface area contributed by atoms with E-state index < -0.39 is 11.8 Å². The lowest BCUT2D eigenvalue weighted by Gasteiger charge is -2.24. The van der Waals surface area contributed by atoms with Crippen LogP contribution in [-0.2, 0) is 0 Å². The largest absolute Gasteiger partial charge is 0.244 e. The molecule has 0 spiro atoms. The van der Waals surface area contributed by atoms with Crippen LogP contribution in [0.4, 0.5) is 8.78 Å². The normalized spacial score (nSPS) is 22.4. The van der Waals surface area contributed by atoms with Gasteiger partial charge in [0, 0.05) is 5.41 Å². The lowest BCUT2D eigenvalue weighted by molar-refractivity contribution is 0.0365. The fourth-order valence-electron chi connectivity index (χ4n) is 1.69. The highest BCUT2D eigenvalue weighted by atomic mass is 19.3. The smallest absolute Gasteiger partial charge is 0.210 e. The molecule has 1 rings (SSSR count). The molecule has 1 fully saturated rings. The molecule has 0 saturated heterocycles. The van der Waals surface area contributed by atoms with Crippen LogP contribution in [0, 0.1) is 10.8 Å². The van der Waals surface area contributed by atoms with Gasteiger partial charge in [-0.25, -0.2) is 8.78 Å². The predicted octanol–water partition coefficient (Wildman–Crippen LogP) is 3.47. The van der Waals surface area contributed by atoms with Gasteiger partial charge in [0.05, 0.1) is 0 Å². The van der Waals surface area contributed by atoms with Crippen LogP contribution in [-0.4, -0.2) is 6.43 Å². The maximum Gasteiger partial charge on any atom is 0.244 e. The minimum atomic E-state index is -2.11. The summed E-state index contributed by atoms with van der Waals surface area (Å²) in [7, 11) is 0. The van der Waals surface area contributed by atoms with Gasteiger partial charge in [0.25, 0.3) is 0 Å². The van der Waals surface area contributed by atoms with Gasteiger partial charge in [-0.1, -0.05) is 20.8 Å². The van der Waals surface area contributed by atoms with Crippen LogP contribution in [0.15, 0.2) is 0 Å². The molecule has 0 bridgehead atoms. The standard InChI is InChI=1S/C9H16F2/c1-8(2,3)6-9(4-5-9)7(10)11/h7H,4-6H2,1-3H3. The molecule has 2 heteroatoms. The molecule has 1 aliphatic carbocycles. The first-order valence-corrected chi connectivity index (χ1v) is 4.14. The second-order valence-corrected chi connectivity index (χ2v) is 4.90. The Kier molecular flexibility index (Phi) is 1.97. The first kappa shape index (κ1) is 8.95. The molecule has 0 radical (unpaired) electrons. The molecule has 0 heterocycles. The number of alkyl halides is 2. The summed E-state index contributed by atoms with van der Waals surface area (Å²) in [6.07, 6.45) is 0.00312. The predicted molar refractivity (Wildman–Crippen MR) is 41.7 cm³/mol. The quantitative estimate of drug-likeness (QED) is 0.583. The summed E-state index contributed by atoms with van der Waals surface area (Å²) in [5, 5.41) is 0. The van der Waals surface area contributed by atoms with Crippen LogP contribution in [0.5, 0.6) is 0 Å². The summed E-state index contributed by atoms with van der Waals surface area (Å²) >= 11 is 0. The number of halogens is 2. The van der Waals surface area contributed by atoms with Crippen molar-refractivity contribution in [2.45, 2.75) is 46.5 Å². The van der Waals surface area contributed by atoms with Crippen molar-refractivity contribution >= 4 is 0 Å². The Morgan fingerprint density at radius 1 is 1.27 bits per heavy atom. The molecular formula is C9H16F2. The van der Waals surface area contributed by atoms with Gasteiger partial charge in [0.2, 0.25) is 6.43 Å². The lowest BCUT2D eigenvalue weighted by Crippen LogP contribution is -2.20. The minimum absolute atomic E-state index is 0.0485. The van der Waals surface area contributed by atoms with Gasteiger partial charge in [0.1, 0.15) is 0 Å². The Morgan fingerprint density at radius 2 is 1.73 bits per heavy atom. The van der Waals surface area contributed by atoms with E-state index in [2.05, 4.69) is 0 Å². The maximum absolute atomic E-state index is 12.4. The monoisotopic (exact) mass is 162 g/mol. The highest BCUT2D eigenvalue weighted by Crippen LogP contribution is 2.57. The first-order valence-electron chi connectivity index (χ1n) is 4.14. The molecule has 0 aromatic carbocycles. The van der Waals surface area contributed by atoms with Gasteiger partial charge in [-0.3, -0.25) is 0 Å². The minimum Gasteiger partial charge on any atom is -0.210 e. The van der Waals surface area contributed by atoms with Crippen LogP contribution in [0.2, 0.25) is 0 Å². The molecule has 0 unspecified atom stereocenters. The highest BCUT2D eigenvalue weighted by molar-refractivity contribution is 4.97. The van der Waals surface area contributed by atoms with Gasteiger partial charge < -0.3 is 0 Å². The van der Waals surface area contributed by atoms with Crippen LogP contribution in [0.1, 0.15) is 40.0 Å². The first-order chi connectivity index (χ1) is 4.86.